The molecule has 0 spiro atoms. The molecule has 0 aliphatic heterocycles. The molecule has 18 heavy (non-hydrogen) atoms. The van der Waals surface area contributed by atoms with E-state index >= 15 is 0 Å². The van der Waals surface area contributed by atoms with Crippen LogP contribution in [0.4, 0.5) is 0 Å². The summed E-state index contributed by atoms with van der Waals surface area (Å²) in [4.78, 5) is 13.5. The van der Waals surface area contributed by atoms with Crippen LogP contribution in [-0.2, 0) is 16.1 Å². The fourth-order valence-electron chi connectivity index (χ4n) is 1.56. The van der Waals surface area contributed by atoms with Gasteiger partial charge in [0, 0.05) is 11.0 Å². The van der Waals surface area contributed by atoms with Gasteiger partial charge in [0.05, 0.1) is 6.61 Å². The Kier molecular flexibility index (Phi) is 5.78. The SMILES string of the molecule is CCOC(=O)C(O)c1ccc(CN(C)C)c(Br)c1. The lowest BCUT2D eigenvalue weighted by atomic mass is 10.1. The predicted octanol–water partition coefficient (Wildman–Crippen LogP) is 2.11. The lowest BCUT2D eigenvalue weighted by Crippen LogP contribution is -2.16. The molecular formula is C13H18BrNO3. The van der Waals surface area contributed by atoms with Crippen molar-refractivity contribution in [3.63, 3.8) is 0 Å². The standard InChI is InChI=1S/C13H18BrNO3/c1-4-18-13(17)12(16)9-5-6-10(8-15(2)3)11(14)7-9/h5-7,12,16H,4,8H2,1-3H3. The van der Waals surface area contributed by atoms with E-state index in [1.165, 1.54) is 0 Å². The maximum absolute atomic E-state index is 11.4. The van der Waals surface area contributed by atoms with Crippen LogP contribution in [0.25, 0.3) is 0 Å². The molecule has 1 aromatic carbocycles. The second-order valence-electron chi connectivity index (χ2n) is 4.24. The summed E-state index contributed by atoms with van der Waals surface area (Å²) in [6, 6.07) is 5.38. The lowest BCUT2D eigenvalue weighted by molar-refractivity contribution is -0.153. The van der Waals surface area contributed by atoms with Crippen molar-refractivity contribution in [3.05, 3.63) is 33.8 Å². The van der Waals surface area contributed by atoms with Crippen LogP contribution in [0.15, 0.2) is 22.7 Å². The number of carbonyl (C=O) groups is 1. The van der Waals surface area contributed by atoms with E-state index in [9.17, 15) is 9.90 Å². The Morgan fingerprint density at radius 1 is 1.50 bits per heavy atom. The quantitative estimate of drug-likeness (QED) is 0.845. The second kappa shape index (κ2) is 6.87. The zero-order valence-electron chi connectivity index (χ0n) is 10.8. The number of rotatable bonds is 5. The Morgan fingerprint density at radius 3 is 2.67 bits per heavy atom. The van der Waals surface area contributed by atoms with Crippen LogP contribution in [0.2, 0.25) is 0 Å². The number of ether oxygens (including phenoxy) is 1. The summed E-state index contributed by atoms with van der Waals surface area (Å²) < 4.78 is 5.65. The van der Waals surface area contributed by atoms with Crippen LogP contribution in [0.1, 0.15) is 24.2 Å². The number of esters is 1. The summed E-state index contributed by atoms with van der Waals surface area (Å²) in [5.74, 6) is -0.621. The first-order valence-electron chi connectivity index (χ1n) is 5.73. The molecule has 1 N–H and O–H groups in total. The van der Waals surface area contributed by atoms with E-state index in [4.69, 9.17) is 4.74 Å². The van der Waals surface area contributed by atoms with Gasteiger partial charge in [0.2, 0.25) is 0 Å². The molecule has 0 aromatic heterocycles. The maximum atomic E-state index is 11.4. The number of nitrogens with zero attached hydrogens (tertiary/aromatic N) is 1. The predicted molar refractivity (Wildman–Crippen MR) is 73.1 cm³/mol. The highest BCUT2D eigenvalue weighted by Crippen LogP contribution is 2.24. The Morgan fingerprint density at radius 2 is 2.17 bits per heavy atom. The number of carbonyl (C=O) groups excluding carboxylic acids is 1. The van der Waals surface area contributed by atoms with Crippen molar-refractivity contribution in [2.75, 3.05) is 20.7 Å². The van der Waals surface area contributed by atoms with Gasteiger partial charge < -0.3 is 14.7 Å². The van der Waals surface area contributed by atoms with Crippen molar-refractivity contribution in [1.82, 2.24) is 4.90 Å². The van der Waals surface area contributed by atoms with Crippen molar-refractivity contribution in [2.45, 2.75) is 19.6 Å². The average molecular weight is 316 g/mol. The second-order valence-corrected chi connectivity index (χ2v) is 5.10. The van der Waals surface area contributed by atoms with E-state index in [1.54, 1.807) is 19.1 Å². The highest BCUT2D eigenvalue weighted by molar-refractivity contribution is 9.10. The van der Waals surface area contributed by atoms with E-state index < -0.39 is 12.1 Å². The molecule has 0 aliphatic rings. The van der Waals surface area contributed by atoms with Crippen molar-refractivity contribution in [3.8, 4) is 0 Å². The van der Waals surface area contributed by atoms with Gasteiger partial charge in [0.15, 0.2) is 6.10 Å². The molecule has 5 heteroatoms. The maximum Gasteiger partial charge on any atom is 0.339 e. The third-order valence-corrected chi connectivity index (χ3v) is 3.13. The lowest BCUT2D eigenvalue weighted by Gasteiger charge is -2.14. The first kappa shape index (κ1) is 15.1. The Bertz CT molecular complexity index is 421. The zero-order chi connectivity index (χ0) is 13.7. The van der Waals surface area contributed by atoms with Crippen LogP contribution in [0, 0.1) is 0 Å². The third-order valence-electron chi connectivity index (χ3n) is 2.39. The molecule has 0 amide bonds. The number of hydrogen-bond acceptors (Lipinski definition) is 4. The number of halogens is 1. The van der Waals surface area contributed by atoms with Gasteiger partial charge in [-0.2, -0.15) is 0 Å². The minimum atomic E-state index is -1.23. The highest BCUT2D eigenvalue weighted by atomic mass is 79.9. The number of aliphatic hydroxyl groups excluding tert-OH is 1. The van der Waals surface area contributed by atoms with Gasteiger partial charge in [0.25, 0.3) is 0 Å². The van der Waals surface area contributed by atoms with Crippen LogP contribution >= 0.6 is 15.9 Å². The molecule has 4 nitrogen and oxygen atoms in total. The van der Waals surface area contributed by atoms with Gasteiger partial charge in [-0.3, -0.25) is 0 Å². The van der Waals surface area contributed by atoms with Gasteiger partial charge in [-0.25, -0.2) is 4.79 Å². The molecule has 1 rings (SSSR count). The smallest absolute Gasteiger partial charge is 0.339 e. The fraction of sp³-hybridized carbons (Fsp3) is 0.462. The van der Waals surface area contributed by atoms with E-state index in [2.05, 4.69) is 15.9 Å². The normalized spacial score (nSPS) is 12.6. The van der Waals surface area contributed by atoms with Gasteiger partial charge in [-0.05, 0) is 38.2 Å². The largest absolute Gasteiger partial charge is 0.464 e. The molecular weight excluding hydrogens is 298 g/mol. The number of aliphatic hydroxyl groups is 1. The molecule has 1 unspecified atom stereocenters. The van der Waals surface area contributed by atoms with E-state index in [0.29, 0.717) is 5.56 Å². The van der Waals surface area contributed by atoms with Crippen LogP contribution < -0.4 is 0 Å². The summed E-state index contributed by atoms with van der Waals surface area (Å²) in [6.07, 6.45) is -1.23. The van der Waals surface area contributed by atoms with Crippen LogP contribution in [0.5, 0.6) is 0 Å². The Balaban J connectivity index is 2.86. The van der Waals surface area contributed by atoms with Crippen molar-refractivity contribution < 1.29 is 14.6 Å². The van der Waals surface area contributed by atoms with Gasteiger partial charge >= 0.3 is 5.97 Å². The molecule has 1 aromatic rings. The Labute approximate surface area is 116 Å². The van der Waals surface area contributed by atoms with Gasteiger partial charge in [-0.1, -0.05) is 28.1 Å². The molecule has 0 fully saturated rings. The summed E-state index contributed by atoms with van der Waals surface area (Å²) in [6.45, 7) is 2.76. The third kappa shape index (κ3) is 4.08. The summed E-state index contributed by atoms with van der Waals surface area (Å²) in [5.41, 5.74) is 1.63. The van der Waals surface area contributed by atoms with Crippen molar-refractivity contribution in [1.29, 1.82) is 0 Å². The summed E-state index contributed by atoms with van der Waals surface area (Å²) in [7, 11) is 3.96. The van der Waals surface area contributed by atoms with Gasteiger partial charge in [-0.15, -0.1) is 0 Å². The van der Waals surface area contributed by atoms with E-state index in [1.807, 2.05) is 25.1 Å². The van der Waals surface area contributed by atoms with E-state index in [-0.39, 0.29) is 6.61 Å². The topological polar surface area (TPSA) is 49.8 Å². The molecule has 0 bridgehead atoms. The van der Waals surface area contributed by atoms with E-state index in [0.717, 1.165) is 16.6 Å². The van der Waals surface area contributed by atoms with Crippen LogP contribution in [-0.4, -0.2) is 36.7 Å². The monoisotopic (exact) mass is 315 g/mol. The highest BCUT2D eigenvalue weighted by Gasteiger charge is 2.19. The molecule has 1 atom stereocenters. The van der Waals surface area contributed by atoms with Crippen molar-refractivity contribution >= 4 is 21.9 Å². The summed E-state index contributed by atoms with van der Waals surface area (Å²) >= 11 is 3.44. The minimum Gasteiger partial charge on any atom is -0.464 e. The molecule has 0 saturated carbocycles. The molecule has 0 aliphatic carbocycles. The van der Waals surface area contributed by atoms with Gasteiger partial charge in [0.1, 0.15) is 0 Å². The molecule has 0 saturated heterocycles. The first-order valence-corrected chi connectivity index (χ1v) is 6.52. The first-order chi connectivity index (χ1) is 8.45. The fourth-order valence-corrected chi connectivity index (χ4v) is 2.08. The van der Waals surface area contributed by atoms with Crippen molar-refractivity contribution in [2.24, 2.45) is 0 Å². The number of hydrogen-bond donors (Lipinski definition) is 1. The average Bonchev–Trinajstić information content (AvgIpc) is 2.30. The summed E-state index contributed by atoms with van der Waals surface area (Å²) in [5, 5.41) is 9.81. The number of benzene rings is 1. The molecule has 100 valence electrons. The molecule has 0 radical (unpaired) electrons. The Hall–Kier alpha value is -0.910. The zero-order valence-corrected chi connectivity index (χ0v) is 12.4. The minimum absolute atomic E-state index is 0.260. The molecule has 0 heterocycles. The van der Waals surface area contributed by atoms with Crippen LogP contribution in [0.3, 0.4) is 0 Å².